The first-order chi connectivity index (χ1) is 7.47. The first kappa shape index (κ1) is 21.6. The van der Waals surface area contributed by atoms with Crippen LogP contribution >= 0.6 is 24.0 Å². The average Bonchev–Trinajstić information content (AvgIpc) is 2.24. The number of nitrogens with one attached hydrogen (secondary N) is 2. The van der Waals surface area contributed by atoms with E-state index in [0.717, 1.165) is 0 Å². The molecular formula is C10H28IN3O3. The van der Waals surface area contributed by atoms with E-state index in [9.17, 15) is 14.4 Å². The van der Waals surface area contributed by atoms with Crippen molar-refractivity contribution in [3.63, 3.8) is 0 Å². The second-order valence-corrected chi connectivity index (χ2v) is 3.17. The van der Waals surface area contributed by atoms with Crippen LogP contribution in [0.3, 0.4) is 0 Å². The predicted molar refractivity (Wildman–Crippen MR) is 83.5 cm³/mol. The summed E-state index contributed by atoms with van der Waals surface area (Å²) in [6, 6.07) is 0. The molecule has 0 atom stereocenters. The van der Waals surface area contributed by atoms with Crippen molar-refractivity contribution in [1.82, 2.24) is 10.6 Å². The lowest BCUT2D eigenvalue weighted by atomic mass is 10.4. The number of amides is 2. The summed E-state index contributed by atoms with van der Waals surface area (Å²) in [4.78, 5) is 31.8. The lowest BCUT2D eigenvalue weighted by molar-refractivity contribution is -0.126. The van der Waals surface area contributed by atoms with Gasteiger partial charge in [-0.15, -0.1) is 24.0 Å². The molecule has 0 aliphatic heterocycles. The van der Waals surface area contributed by atoms with Gasteiger partial charge in [0.25, 0.3) is 0 Å². The molecule has 0 spiro atoms. The summed E-state index contributed by atoms with van der Waals surface area (Å²) in [5, 5.41) is 4.59. The van der Waals surface area contributed by atoms with Crippen molar-refractivity contribution in [2.45, 2.75) is 27.2 Å². The number of nitrogens with two attached hydrogens (primary N) is 1. The Morgan fingerprint density at radius 1 is 1.06 bits per heavy atom. The van der Waals surface area contributed by atoms with Gasteiger partial charge in [-0.1, -0.05) is 20.3 Å². The van der Waals surface area contributed by atoms with E-state index in [-0.39, 0.29) is 53.7 Å². The molecule has 0 saturated heterocycles. The van der Waals surface area contributed by atoms with Crippen LogP contribution in [0.4, 0.5) is 0 Å². The molecule has 0 fully saturated rings. The zero-order valence-corrected chi connectivity index (χ0v) is 12.9. The SMILES string of the molecule is CC(=O)CNC(=O)CNC(=O)CN.CCC.I.[HH].[HH].[HH]. The number of rotatable bonds is 5. The molecular weight excluding hydrogens is 337 g/mol. The topological polar surface area (TPSA) is 101 Å². The quantitative estimate of drug-likeness (QED) is 0.619. The van der Waals surface area contributed by atoms with Crippen LogP contribution in [0.2, 0.25) is 0 Å². The van der Waals surface area contributed by atoms with Gasteiger partial charge in [-0.25, -0.2) is 0 Å². The Bertz CT molecular complexity index is 247. The van der Waals surface area contributed by atoms with Gasteiger partial charge < -0.3 is 16.4 Å². The van der Waals surface area contributed by atoms with Crippen LogP contribution in [0.5, 0.6) is 0 Å². The van der Waals surface area contributed by atoms with Crippen LogP contribution in [-0.4, -0.2) is 37.2 Å². The molecule has 0 saturated carbocycles. The molecule has 0 radical (unpaired) electrons. The first-order valence-electron chi connectivity index (χ1n) is 5.20. The van der Waals surface area contributed by atoms with Gasteiger partial charge in [-0.3, -0.25) is 14.4 Å². The Labute approximate surface area is 124 Å². The highest BCUT2D eigenvalue weighted by molar-refractivity contribution is 14.0. The Hall–Kier alpha value is -0.700. The van der Waals surface area contributed by atoms with Crippen LogP contribution in [0.1, 0.15) is 31.5 Å². The summed E-state index contributed by atoms with van der Waals surface area (Å²) in [6.07, 6.45) is 1.25. The molecule has 2 amide bonds. The molecule has 0 aromatic rings. The third-order valence-electron chi connectivity index (χ3n) is 1.17. The van der Waals surface area contributed by atoms with Gasteiger partial charge in [-0.05, 0) is 6.92 Å². The second-order valence-electron chi connectivity index (χ2n) is 3.17. The molecule has 17 heavy (non-hydrogen) atoms. The Morgan fingerprint density at radius 2 is 1.47 bits per heavy atom. The number of halogens is 1. The number of ketones is 1. The van der Waals surface area contributed by atoms with Crippen molar-refractivity contribution in [1.29, 1.82) is 0 Å². The minimum Gasteiger partial charge on any atom is -0.348 e. The molecule has 0 heterocycles. The van der Waals surface area contributed by atoms with Gasteiger partial charge in [0.15, 0.2) is 0 Å². The van der Waals surface area contributed by atoms with Crippen LogP contribution in [0.25, 0.3) is 0 Å². The van der Waals surface area contributed by atoms with Crippen LogP contribution in [0.15, 0.2) is 0 Å². The van der Waals surface area contributed by atoms with E-state index in [0.29, 0.717) is 0 Å². The number of carbonyl (C=O) groups is 3. The molecule has 7 heteroatoms. The van der Waals surface area contributed by atoms with E-state index in [1.54, 1.807) is 0 Å². The standard InChI is InChI=1S/C7H13N3O3.C3H8.HI.3H2/c1-5(11)3-9-7(13)4-10-6(12)2-8;1-3-2;;;;/h2-4,8H2,1H3,(H,9,13)(H,10,12);3H2,1-2H3;4*1H. The molecule has 108 valence electrons. The lowest BCUT2D eigenvalue weighted by Gasteiger charge is -2.03. The van der Waals surface area contributed by atoms with Crippen molar-refractivity contribution >= 4 is 41.6 Å². The van der Waals surface area contributed by atoms with Crippen molar-refractivity contribution in [2.75, 3.05) is 19.6 Å². The molecule has 0 aliphatic rings. The predicted octanol–water partition coefficient (Wildman–Crippen LogP) is 0.539. The largest absolute Gasteiger partial charge is 0.348 e. The van der Waals surface area contributed by atoms with Gasteiger partial charge in [0.05, 0.1) is 19.6 Å². The molecule has 4 N–H and O–H groups in total. The molecule has 6 nitrogen and oxygen atoms in total. The summed E-state index contributed by atoms with van der Waals surface area (Å²) in [6.45, 7) is 5.29. The average molecular weight is 365 g/mol. The summed E-state index contributed by atoms with van der Waals surface area (Å²) in [5.74, 6) is -0.950. The number of Topliss-reactive ketones (excluding diaryl/α,β-unsaturated/α-hetero) is 1. The van der Waals surface area contributed by atoms with Crippen molar-refractivity contribution in [3.05, 3.63) is 0 Å². The molecule has 0 aromatic carbocycles. The highest BCUT2D eigenvalue weighted by Crippen LogP contribution is 1.68. The van der Waals surface area contributed by atoms with E-state index < -0.39 is 11.8 Å². The fraction of sp³-hybridized carbons (Fsp3) is 0.700. The number of hydrogen-bond donors (Lipinski definition) is 3. The van der Waals surface area contributed by atoms with Gasteiger partial charge in [0, 0.05) is 4.28 Å². The molecule has 0 unspecified atom stereocenters. The maximum atomic E-state index is 10.8. The highest BCUT2D eigenvalue weighted by atomic mass is 127. The van der Waals surface area contributed by atoms with E-state index in [1.165, 1.54) is 13.3 Å². The normalized spacial score (nSPS) is 8.00. The summed E-state index contributed by atoms with van der Waals surface area (Å²) in [5.41, 5.74) is 4.98. The highest BCUT2D eigenvalue weighted by Gasteiger charge is 2.03. The maximum Gasteiger partial charge on any atom is 0.239 e. The smallest absolute Gasteiger partial charge is 0.239 e. The van der Waals surface area contributed by atoms with Gasteiger partial charge in [0.1, 0.15) is 5.78 Å². The lowest BCUT2D eigenvalue weighted by Crippen LogP contribution is -2.40. The van der Waals surface area contributed by atoms with E-state index >= 15 is 0 Å². The minimum absolute atomic E-state index is 0. The molecule has 0 rings (SSSR count). The zero-order chi connectivity index (χ0) is 13.0. The molecule has 0 aromatic heterocycles. The summed E-state index contributed by atoms with van der Waals surface area (Å²) < 4.78 is 0. The minimum atomic E-state index is -0.406. The van der Waals surface area contributed by atoms with E-state index in [2.05, 4.69) is 24.5 Å². The third kappa shape index (κ3) is 21.2. The Kier molecular flexibility index (Phi) is 19.4. The molecule has 0 bridgehead atoms. The third-order valence-corrected chi connectivity index (χ3v) is 1.17. The number of hydrogen-bond acceptors (Lipinski definition) is 4. The van der Waals surface area contributed by atoms with Gasteiger partial charge >= 0.3 is 0 Å². The monoisotopic (exact) mass is 365 g/mol. The van der Waals surface area contributed by atoms with Crippen molar-refractivity contribution in [2.24, 2.45) is 5.73 Å². The fourth-order valence-electron chi connectivity index (χ4n) is 0.537. The summed E-state index contributed by atoms with van der Waals surface area (Å²) >= 11 is 0. The first-order valence-corrected chi connectivity index (χ1v) is 5.20. The van der Waals surface area contributed by atoms with Crippen LogP contribution in [0, 0.1) is 0 Å². The second kappa shape index (κ2) is 15.3. The van der Waals surface area contributed by atoms with E-state index in [4.69, 9.17) is 5.73 Å². The van der Waals surface area contributed by atoms with Crippen molar-refractivity contribution in [3.8, 4) is 0 Å². The van der Waals surface area contributed by atoms with Crippen LogP contribution in [-0.2, 0) is 14.4 Å². The van der Waals surface area contributed by atoms with Crippen molar-refractivity contribution < 1.29 is 18.7 Å². The number of carbonyl (C=O) groups excluding carboxylic acids is 3. The maximum absolute atomic E-state index is 10.8. The molecule has 0 aliphatic carbocycles. The van der Waals surface area contributed by atoms with Crippen LogP contribution < -0.4 is 16.4 Å². The zero-order valence-electron chi connectivity index (χ0n) is 10.5. The van der Waals surface area contributed by atoms with E-state index in [1.807, 2.05) is 0 Å². The van der Waals surface area contributed by atoms with Gasteiger partial charge in [-0.2, -0.15) is 0 Å². The Balaban J connectivity index is -0.0000000641. The summed E-state index contributed by atoms with van der Waals surface area (Å²) in [7, 11) is 0. The van der Waals surface area contributed by atoms with Gasteiger partial charge in [0.2, 0.25) is 11.8 Å². The fourth-order valence-corrected chi connectivity index (χ4v) is 0.537. The Morgan fingerprint density at radius 3 is 1.82 bits per heavy atom.